The molecule has 0 bridgehead atoms. The molecule has 5 nitrogen and oxygen atoms in total. The summed E-state index contributed by atoms with van der Waals surface area (Å²) in [5, 5.41) is 6.67. The van der Waals surface area contributed by atoms with Crippen LogP contribution < -0.4 is 15.4 Å². The Morgan fingerprint density at radius 2 is 1.94 bits per heavy atom. The number of hydrogen-bond acceptors (Lipinski definition) is 5. The predicted molar refractivity (Wildman–Crippen MR) is 118 cm³/mol. The second-order valence-electron chi connectivity index (χ2n) is 8.12. The van der Waals surface area contributed by atoms with Crippen molar-refractivity contribution in [3.05, 3.63) is 53.6 Å². The molecule has 0 spiro atoms. The van der Waals surface area contributed by atoms with E-state index in [0.717, 1.165) is 62.8 Å². The van der Waals surface area contributed by atoms with E-state index in [4.69, 9.17) is 9.15 Å². The number of halogens is 2. The van der Waals surface area contributed by atoms with Crippen molar-refractivity contribution in [2.24, 2.45) is 5.92 Å². The Morgan fingerprint density at radius 1 is 1.10 bits per heavy atom. The third-order valence-corrected chi connectivity index (χ3v) is 5.68. The zero-order valence-corrected chi connectivity index (χ0v) is 17.6. The molecule has 166 valence electrons. The summed E-state index contributed by atoms with van der Waals surface area (Å²) in [5.41, 5.74) is 2.90. The molecule has 2 N–H and O–H groups in total. The first-order valence-electron chi connectivity index (χ1n) is 11.1. The van der Waals surface area contributed by atoms with E-state index >= 15 is 0 Å². The second-order valence-corrected chi connectivity index (χ2v) is 8.12. The summed E-state index contributed by atoms with van der Waals surface area (Å²) >= 11 is 0. The molecule has 2 heterocycles. The fourth-order valence-electron chi connectivity index (χ4n) is 3.90. The molecule has 1 fully saturated rings. The van der Waals surface area contributed by atoms with Gasteiger partial charge in [-0.05, 0) is 74.5 Å². The monoisotopic (exact) mass is 429 g/mol. The van der Waals surface area contributed by atoms with Crippen molar-refractivity contribution in [2.75, 3.05) is 31.6 Å². The molecule has 0 aliphatic carbocycles. The molecular formula is C24H29F2N3O2. The van der Waals surface area contributed by atoms with E-state index in [0.29, 0.717) is 18.5 Å². The lowest BCUT2D eigenvalue weighted by molar-refractivity contribution is 0.275. The Morgan fingerprint density at radius 3 is 2.74 bits per heavy atom. The van der Waals surface area contributed by atoms with Crippen molar-refractivity contribution in [1.29, 1.82) is 0 Å². The van der Waals surface area contributed by atoms with Crippen LogP contribution in [0.5, 0.6) is 5.75 Å². The Balaban J connectivity index is 1.16. The van der Waals surface area contributed by atoms with Crippen LogP contribution in [0.4, 0.5) is 14.8 Å². The number of para-hydroxylation sites is 1. The van der Waals surface area contributed by atoms with Crippen LogP contribution in [-0.2, 0) is 6.42 Å². The van der Waals surface area contributed by atoms with Gasteiger partial charge in [0.15, 0.2) is 23.0 Å². The van der Waals surface area contributed by atoms with Gasteiger partial charge in [0, 0.05) is 6.54 Å². The zero-order valence-electron chi connectivity index (χ0n) is 17.6. The average molecular weight is 430 g/mol. The third kappa shape index (κ3) is 5.94. The van der Waals surface area contributed by atoms with Gasteiger partial charge in [0.05, 0.1) is 6.61 Å². The maximum atomic E-state index is 13.5. The largest absolute Gasteiger partial charge is 0.488 e. The quantitative estimate of drug-likeness (QED) is 0.405. The maximum Gasteiger partial charge on any atom is 0.295 e. The number of hydrogen-bond donors (Lipinski definition) is 2. The highest BCUT2D eigenvalue weighted by atomic mass is 19.1. The van der Waals surface area contributed by atoms with Crippen LogP contribution >= 0.6 is 0 Å². The lowest BCUT2D eigenvalue weighted by atomic mass is 10.1. The minimum Gasteiger partial charge on any atom is -0.488 e. The Hall–Kier alpha value is -2.67. The zero-order chi connectivity index (χ0) is 21.5. The number of nitrogens with zero attached hydrogens (tertiary/aromatic N) is 1. The van der Waals surface area contributed by atoms with E-state index in [1.165, 1.54) is 30.2 Å². The van der Waals surface area contributed by atoms with Gasteiger partial charge in [0.2, 0.25) is 0 Å². The van der Waals surface area contributed by atoms with Crippen molar-refractivity contribution >= 4 is 17.1 Å². The van der Waals surface area contributed by atoms with Gasteiger partial charge in [-0.2, -0.15) is 4.98 Å². The first-order chi connectivity index (χ1) is 15.2. The number of nitrogens with one attached hydrogen (secondary N) is 2. The summed E-state index contributed by atoms with van der Waals surface area (Å²) < 4.78 is 38.1. The average Bonchev–Trinajstić information content (AvgIpc) is 3.42. The molecule has 1 atom stereocenters. The normalized spacial score (nSPS) is 16.1. The summed E-state index contributed by atoms with van der Waals surface area (Å²) in [5.74, 6) is -0.966. The molecule has 1 aliphatic heterocycles. The van der Waals surface area contributed by atoms with Crippen molar-refractivity contribution in [3.63, 3.8) is 0 Å². The van der Waals surface area contributed by atoms with Gasteiger partial charge in [-0.25, -0.2) is 8.78 Å². The molecule has 4 rings (SSSR count). The van der Waals surface area contributed by atoms with E-state index in [2.05, 4.69) is 27.8 Å². The van der Waals surface area contributed by atoms with Crippen LogP contribution in [0.1, 0.15) is 37.7 Å². The summed E-state index contributed by atoms with van der Waals surface area (Å²) in [6.45, 7) is 3.32. The number of anilines is 1. The topological polar surface area (TPSA) is 59.3 Å². The first-order valence-corrected chi connectivity index (χ1v) is 11.1. The van der Waals surface area contributed by atoms with Crippen LogP contribution in [0, 0.1) is 17.6 Å². The molecule has 2 aromatic carbocycles. The standard InChI is InChI=1S/C24H29F2N3O2/c25-19-7-5-8-20(26)23(19)30-13-4-2-1-3-6-17-9-10-21-22(14-17)31-24(29-21)28-16-18-11-12-27-15-18/h5,7-10,14,18,27H,1-4,6,11-13,15-16H2,(H,28,29)/t18-/m0/s1. The van der Waals surface area contributed by atoms with E-state index in [1.807, 2.05) is 6.07 Å². The maximum absolute atomic E-state index is 13.5. The number of benzene rings is 2. The molecule has 7 heteroatoms. The summed E-state index contributed by atoms with van der Waals surface area (Å²) in [4.78, 5) is 4.52. The van der Waals surface area contributed by atoms with Crippen molar-refractivity contribution in [3.8, 4) is 5.75 Å². The first kappa shape index (κ1) is 21.6. The molecular weight excluding hydrogens is 400 g/mol. The minimum atomic E-state index is -0.656. The third-order valence-electron chi connectivity index (χ3n) is 5.68. The lowest BCUT2D eigenvalue weighted by Gasteiger charge is -2.08. The van der Waals surface area contributed by atoms with Gasteiger partial charge in [0.1, 0.15) is 5.52 Å². The molecule has 0 radical (unpaired) electrons. The number of rotatable bonds is 11. The van der Waals surface area contributed by atoms with Crippen LogP contribution in [0.2, 0.25) is 0 Å². The number of oxazole rings is 1. The number of unbranched alkanes of at least 4 members (excludes halogenated alkanes) is 3. The number of aromatic nitrogens is 1. The molecule has 3 aromatic rings. The molecule has 1 aromatic heterocycles. The molecule has 0 amide bonds. The van der Waals surface area contributed by atoms with Gasteiger partial charge in [-0.1, -0.05) is 25.0 Å². The fourth-order valence-corrected chi connectivity index (χ4v) is 3.90. The highest BCUT2D eigenvalue weighted by Crippen LogP contribution is 2.23. The van der Waals surface area contributed by atoms with Crippen LogP contribution in [0.3, 0.4) is 0 Å². The Labute approximate surface area is 181 Å². The second kappa shape index (κ2) is 10.6. The Bertz CT molecular complexity index is 966. The smallest absolute Gasteiger partial charge is 0.295 e. The highest BCUT2D eigenvalue weighted by molar-refractivity contribution is 5.75. The van der Waals surface area contributed by atoms with Crippen LogP contribution in [0.15, 0.2) is 40.8 Å². The van der Waals surface area contributed by atoms with Crippen molar-refractivity contribution in [2.45, 2.75) is 38.5 Å². The van der Waals surface area contributed by atoms with Gasteiger partial charge < -0.3 is 19.8 Å². The van der Waals surface area contributed by atoms with E-state index < -0.39 is 11.6 Å². The van der Waals surface area contributed by atoms with Gasteiger partial charge in [-0.3, -0.25) is 0 Å². The molecule has 1 aliphatic rings. The number of ether oxygens (including phenoxy) is 1. The van der Waals surface area contributed by atoms with Crippen LogP contribution in [-0.4, -0.2) is 31.2 Å². The SMILES string of the molecule is Fc1cccc(F)c1OCCCCCCc1ccc2nc(NC[C@H]3CCNC3)oc2c1. The number of fused-ring (bicyclic) bond motifs is 1. The van der Waals surface area contributed by atoms with E-state index in [1.54, 1.807) is 0 Å². The lowest BCUT2D eigenvalue weighted by Crippen LogP contribution is -2.17. The van der Waals surface area contributed by atoms with Crippen molar-refractivity contribution < 1.29 is 17.9 Å². The molecule has 0 unspecified atom stereocenters. The molecule has 0 saturated carbocycles. The van der Waals surface area contributed by atoms with Gasteiger partial charge >= 0.3 is 0 Å². The summed E-state index contributed by atoms with van der Waals surface area (Å²) in [6.07, 6.45) is 5.91. The van der Waals surface area contributed by atoms with Gasteiger partial charge in [0.25, 0.3) is 6.01 Å². The number of aryl methyl sites for hydroxylation is 1. The highest BCUT2D eigenvalue weighted by Gasteiger charge is 2.15. The van der Waals surface area contributed by atoms with Gasteiger partial charge in [-0.15, -0.1) is 0 Å². The Kier molecular flexibility index (Phi) is 7.35. The van der Waals surface area contributed by atoms with Crippen molar-refractivity contribution in [1.82, 2.24) is 10.3 Å². The molecule has 1 saturated heterocycles. The summed E-state index contributed by atoms with van der Waals surface area (Å²) in [6, 6.07) is 10.5. The minimum absolute atomic E-state index is 0.281. The predicted octanol–water partition coefficient (Wildman–Crippen LogP) is 5.31. The molecule has 31 heavy (non-hydrogen) atoms. The van der Waals surface area contributed by atoms with E-state index in [-0.39, 0.29) is 5.75 Å². The van der Waals surface area contributed by atoms with E-state index in [9.17, 15) is 8.78 Å². The van der Waals surface area contributed by atoms with Crippen LogP contribution in [0.25, 0.3) is 11.1 Å². The fraction of sp³-hybridized carbons (Fsp3) is 0.458. The summed E-state index contributed by atoms with van der Waals surface area (Å²) in [7, 11) is 0.